The molecule has 0 unspecified atom stereocenters. The summed E-state index contributed by atoms with van der Waals surface area (Å²) in [4.78, 5) is 1.25. The Hall–Kier alpha value is -0.710. The van der Waals surface area contributed by atoms with Gasteiger partial charge in [-0.05, 0) is 54.3 Å². The highest BCUT2D eigenvalue weighted by Gasteiger charge is 2.15. The molecule has 2 aromatic carbocycles. The molecule has 0 spiro atoms. The summed E-state index contributed by atoms with van der Waals surface area (Å²) in [6.45, 7) is 2.74. The highest BCUT2D eigenvalue weighted by Crippen LogP contribution is 2.36. The fraction of sp³-hybridized carbons (Fsp3) is 0.368. The molecule has 5 heteroatoms. The summed E-state index contributed by atoms with van der Waals surface area (Å²) in [5.74, 6) is 0.932. The average molecular weight is 384 g/mol. The van der Waals surface area contributed by atoms with E-state index in [0.29, 0.717) is 6.61 Å². The monoisotopic (exact) mass is 383 g/mol. The Labute approximate surface area is 159 Å². The number of nitrogens with one attached hydrogen (secondary N) is 1. The molecule has 0 saturated carbocycles. The fourth-order valence-electron chi connectivity index (χ4n) is 3.00. The third kappa shape index (κ3) is 4.90. The van der Waals surface area contributed by atoms with Crippen molar-refractivity contribution in [1.29, 1.82) is 0 Å². The van der Waals surface area contributed by atoms with Crippen molar-refractivity contribution in [2.75, 3.05) is 20.2 Å². The first-order chi connectivity index (χ1) is 11.3. The van der Waals surface area contributed by atoms with Gasteiger partial charge in [0.25, 0.3) is 0 Å². The first-order valence-electron chi connectivity index (χ1n) is 7.98. The molecule has 1 aliphatic rings. The van der Waals surface area contributed by atoms with Crippen LogP contribution in [0.3, 0.4) is 0 Å². The van der Waals surface area contributed by atoms with Crippen LogP contribution in [-0.2, 0) is 29.9 Å². The van der Waals surface area contributed by atoms with Crippen molar-refractivity contribution in [3.05, 3.63) is 63.7 Å². The maximum atomic E-state index is 6.50. The molecule has 1 aliphatic heterocycles. The topological polar surface area (TPSA) is 21.3 Å². The van der Waals surface area contributed by atoms with Gasteiger partial charge in [0.15, 0.2) is 0 Å². The van der Waals surface area contributed by atoms with Gasteiger partial charge < -0.3 is 10.1 Å². The number of hydrogen-bond acceptors (Lipinski definition) is 3. The van der Waals surface area contributed by atoms with Crippen molar-refractivity contribution >= 4 is 35.8 Å². The zero-order valence-electron chi connectivity index (χ0n) is 13.8. The van der Waals surface area contributed by atoms with E-state index in [-0.39, 0.29) is 12.4 Å². The van der Waals surface area contributed by atoms with Crippen LogP contribution in [0.2, 0.25) is 5.02 Å². The van der Waals surface area contributed by atoms with Gasteiger partial charge in [0.2, 0.25) is 0 Å². The second-order valence-electron chi connectivity index (χ2n) is 5.81. The van der Waals surface area contributed by atoms with Gasteiger partial charge in [0.05, 0.1) is 11.6 Å². The van der Waals surface area contributed by atoms with Crippen LogP contribution in [0.4, 0.5) is 0 Å². The molecule has 1 heterocycles. The number of methoxy groups -OCH3 is 1. The molecule has 0 atom stereocenters. The third-order valence-electron chi connectivity index (χ3n) is 4.12. The summed E-state index contributed by atoms with van der Waals surface area (Å²) < 4.78 is 5.22. The van der Waals surface area contributed by atoms with Gasteiger partial charge in [0, 0.05) is 17.8 Å². The number of benzene rings is 2. The van der Waals surface area contributed by atoms with E-state index in [0.717, 1.165) is 36.7 Å². The molecule has 0 radical (unpaired) electrons. The Morgan fingerprint density at radius 2 is 1.92 bits per heavy atom. The largest absolute Gasteiger partial charge is 0.380 e. The zero-order valence-corrected chi connectivity index (χ0v) is 16.2. The van der Waals surface area contributed by atoms with Crippen molar-refractivity contribution in [3.8, 4) is 0 Å². The second-order valence-corrected chi connectivity index (χ2v) is 7.20. The first-order valence-corrected chi connectivity index (χ1v) is 9.35. The highest BCUT2D eigenvalue weighted by molar-refractivity contribution is 7.98. The van der Waals surface area contributed by atoms with Crippen molar-refractivity contribution < 1.29 is 4.74 Å². The third-order valence-corrected chi connectivity index (χ3v) is 5.78. The van der Waals surface area contributed by atoms with Crippen molar-refractivity contribution in [3.63, 3.8) is 0 Å². The first kappa shape index (κ1) is 19.6. The Bertz CT molecular complexity index is 678. The highest BCUT2D eigenvalue weighted by atomic mass is 35.5. The number of halogens is 2. The zero-order chi connectivity index (χ0) is 16.1. The van der Waals surface area contributed by atoms with Crippen LogP contribution in [0.25, 0.3) is 0 Å². The molecular formula is C19H23Cl2NOS. The minimum atomic E-state index is 0. The Morgan fingerprint density at radius 3 is 2.75 bits per heavy atom. The van der Waals surface area contributed by atoms with E-state index in [1.165, 1.54) is 27.1 Å². The lowest BCUT2D eigenvalue weighted by atomic mass is 10.0. The van der Waals surface area contributed by atoms with Gasteiger partial charge >= 0.3 is 0 Å². The smallest absolute Gasteiger partial charge is 0.0713 e. The molecule has 2 nitrogen and oxygen atoms in total. The van der Waals surface area contributed by atoms with Crippen LogP contribution >= 0.6 is 35.8 Å². The van der Waals surface area contributed by atoms with E-state index in [2.05, 4.69) is 41.7 Å². The normalized spacial score (nSPS) is 13.8. The van der Waals surface area contributed by atoms with Gasteiger partial charge in [-0.25, -0.2) is 0 Å². The van der Waals surface area contributed by atoms with Gasteiger partial charge in [-0.3, -0.25) is 0 Å². The summed E-state index contributed by atoms with van der Waals surface area (Å²) in [6, 6.07) is 12.8. The maximum absolute atomic E-state index is 6.50. The molecule has 0 saturated heterocycles. The predicted octanol–water partition coefficient (Wildman–Crippen LogP) is 4.89. The fourth-order valence-corrected chi connectivity index (χ4v) is 4.44. The molecule has 24 heavy (non-hydrogen) atoms. The average Bonchev–Trinajstić information content (AvgIpc) is 2.80. The van der Waals surface area contributed by atoms with Crippen molar-refractivity contribution in [2.24, 2.45) is 0 Å². The number of ether oxygens (including phenoxy) is 1. The quantitative estimate of drug-likeness (QED) is 0.742. The van der Waals surface area contributed by atoms with Crippen LogP contribution in [0.5, 0.6) is 0 Å². The van der Waals surface area contributed by atoms with Crippen LogP contribution in [0.1, 0.15) is 22.3 Å². The van der Waals surface area contributed by atoms with E-state index < -0.39 is 0 Å². The lowest BCUT2D eigenvalue weighted by Gasteiger charge is -2.14. The molecule has 1 N–H and O–H groups in total. The molecule has 0 amide bonds. The minimum absolute atomic E-state index is 0. The molecule has 2 aromatic rings. The molecule has 3 rings (SSSR count). The second kappa shape index (κ2) is 9.69. The molecule has 130 valence electrons. The Balaban J connectivity index is 0.00000208. The van der Waals surface area contributed by atoms with Gasteiger partial charge in [0.1, 0.15) is 0 Å². The molecular weight excluding hydrogens is 361 g/mol. The maximum Gasteiger partial charge on any atom is 0.0713 e. The number of rotatable bonds is 5. The van der Waals surface area contributed by atoms with E-state index in [4.69, 9.17) is 16.3 Å². The molecule has 0 aromatic heterocycles. The van der Waals surface area contributed by atoms with E-state index in [9.17, 15) is 0 Å². The van der Waals surface area contributed by atoms with Gasteiger partial charge in [-0.2, -0.15) is 0 Å². The Kier molecular flexibility index (Phi) is 7.92. The summed E-state index contributed by atoms with van der Waals surface area (Å²) in [5, 5.41) is 4.35. The standard InChI is InChI=1S/C19H22ClNOS.ClH/c1-22-12-14-3-2-4-15(11-14)13-23-19-17-8-10-21-9-7-16(17)5-6-18(19)20;/h2-6,11,21H,7-10,12-13H2,1H3;1H. The van der Waals surface area contributed by atoms with E-state index >= 15 is 0 Å². The summed E-state index contributed by atoms with van der Waals surface area (Å²) in [6.07, 6.45) is 2.14. The van der Waals surface area contributed by atoms with Crippen LogP contribution in [0.15, 0.2) is 41.3 Å². The van der Waals surface area contributed by atoms with E-state index in [1.807, 2.05) is 11.8 Å². The van der Waals surface area contributed by atoms with Crippen LogP contribution in [0, 0.1) is 0 Å². The van der Waals surface area contributed by atoms with E-state index in [1.54, 1.807) is 7.11 Å². The molecule has 0 bridgehead atoms. The van der Waals surface area contributed by atoms with Gasteiger partial charge in [-0.1, -0.05) is 41.9 Å². The number of fused-ring (bicyclic) bond motifs is 1. The summed E-state index contributed by atoms with van der Waals surface area (Å²) in [5.41, 5.74) is 5.40. The minimum Gasteiger partial charge on any atom is -0.380 e. The van der Waals surface area contributed by atoms with Crippen molar-refractivity contribution in [1.82, 2.24) is 5.32 Å². The SMILES string of the molecule is COCc1cccc(CSc2c(Cl)ccc3c2CCNCC3)c1.Cl. The van der Waals surface area contributed by atoms with Crippen LogP contribution in [-0.4, -0.2) is 20.2 Å². The predicted molar refractivity (Wildman–Crippen MR) is 106 cm³/mol. The summed E-state index contributed by atoms with van der Waals surface area (Å²) in [7, 11) is 1.73. The number of thioether (sulfide) groups is 1. The number of hydrogen-bond donors (Lipinski definition) is 1. The Morgan fingerprint density at radius 1 is 1.12 bits per heavy atom. The lowest BCUT2D eigenvalue weighted by Crippen LogP contribution is -2.16. The molecule has 0 fully saturated rings. The van der Waals surface area contributed by atoms with Gasteiger partial charge in [-0.15, -0.1) is 24.2 Å². The summed E-state index contributed by atoms with van der Waals surface area (Å²) >= 11 is 8.35. The lowest BCUT2D eigenvalue weighted by molar-refractivity contribution is 0.185. The van der Waals surface area contributed by atoms with Crippen LogP contribution < -0.4 is 5.32 Å². The van der Waals surface area contributed by atoms with Crippen molar-refractivity contribution in [2.45, 2.75) is 30.1 Å². The molecule has 0 aliphatic carbocycles.